The number of benzene rings is 3. The molecule has 1 saturated heterocycles. The fraction of sp³-hybridized carbons (Fsp3) is 0.200. The normalized spacial score (nSPS) is 20.8. The number of hydrogen-bond donors (Lipinski definition) is 1. The van der Waals surface area contributed by atoms with Crippen LogP contribution in [0.5, 0.6) is 11.5 Å². The molecule has 1 amide bonds. The Hall–Kier alpha value is -3.36. The average molecular weight is 520 g/mol. The van der Waals surface area contributed by atoms with Crippen LogP contribution in [0, 0.1) is 11.6 Å². The molecular formula is C25H17Cl2F2NO5. The van der Waals surface area contributed by atoms with Gasteiger partial charge in [-0.15, -0.1) is 0 Å². The number of aliphatic carboxylic acids is 1. The maximum atomic E-state index is 15.1. The van der Waals surface area contributed by atoms with Gasteiger partial charge in [-0.25, -0.2) is 13.6 Å². The average Bonchev–Trinajstić information content (AvgIpc) is 3.44. The van der Waals surface area contributed by atoms with Crippen LogP contribution in [0.2, 0.25) is 10.0 Å². The minimum Gasteiger partial charge on any atom is -0.480 e. The Balaban J connectivity index is 1.59. The molecule has 10 heteroatoms. The van der Waals surface area contributed by atoms with E-state index in [4.69, 9.17) is 32.7 Å². The Morgan fingerprint density at radius 3 is 2.34 bits per heavy atom. The van der Waals surface area contributed by atoms with E-state index in [0.717, 1.165) is 11.0 Å². The van der Waals surface area contributed by atoms with E-state index in [9.17, 15) is 19.1 Å². The van der Waals surface area contributed by atoms with Crippen LogP contribution in [0.3, 0.4) is 0 Å². The number of carbonyl (C=O) groups is 2. The number of ether oxygens (including phenoxy) is 2. The first kappa shape index (κ1) is 23.4. The predicted molar refractivity (Wildman–Crippen MR) is 123 cm³/mol. The third-order valence-electron chi connectivity index (χ3n) is 6.08. The Bertz CT molecular complexity index is 1350. The first-order chi connectivity index (χ1) is 16.7. The SMILES string of the molecule is O=C(O)C1CCCN1C(=O)c1cc2c(cc1F)OC(c1ccc(F)cc1)(c1ccc(Cl)cc1Cl)O2. The molecule has 2 heterocycles. The fourth-order valence-corrected chi connectivity index (χ4v) is 4.95. The van der Waals surface area contributed by atoms with Gasteiger partial charge in [-0.05, 0) is 61.4 Å². The van der Waals surface area contributed by atoms with Gasteiger partial charge in [0.2, 0.25) is 0 Å². The Kier molecular flexibility index (Phi) is 5.81. The molecule has 5 rings (SSSR count). The van der Waals surface area contributed by atoms with Gasteiger partial charge in [0.25, 0.3) is 5.91 Å². The van der Waals surface area contributed by atoms with Crippen molar-refractivity contribution in [2.45, 2.75) is 24.7 Å². The lowest BCUT2D eigenvalue weighted by atomic mass is 9.97. The summed E-state index contributed by atoms with van der Waals surface area (Å²) in [6.07, 6.45) is 0.785. The Morgan fingerprint density at radius 1 is 1.00 bits per heavy atom. The van der Waals surface area contributed by atoms with E-state index < -0.39 is 35.3 Å². The minimum absolute atomic E-state index is 0.00871. The molecule has 180 valence electrons. The summed E-state index contributed by atoms with van der Waals surface area (Å²) in [5.41, 5.74) is 0.334. The summed E-state index contributed by atoms with van der Waals surface area (Å²) in [5.74, 6) is -4.98. The highest BCUT2D eigenvalue weighted by Gasteiger charge is 2.48. The van der Waals surface area contributed by atoms with Crippen LogP contribution in [-0.2, 0) is 10.6 Å². The molecule has 2 unspecified atom stereocenters. The second-order valence-corrected chi connectivity index (χ2v) is 9.07. The van der Waals surface area contributed by atoms with Gasteiger partial charge in [0.15, 0.2) is 11.5 Å². The van der Waals surface area contributed by atoms with Crippen molar-refractivity contribution >= 4 is 35.1 Å². The van der Waals surface area contributed by atoms with Crippen LogP contribution >= 0.6 is 23.2 Å². The monoisotopic (exact) mass is 519 g/mol. The number of fused-ring (bicyclic) bond motifs is 1. The third kappa shape index (κ3) is 3.96. The predicted octanol–water partition coefficient (Wildman–Crippen LogP) is 5.63. The quantitative estimate of drug-likeness (QED) is 0.483. The highest BCUT2D eigenvalue weighted by atomic mass is 35.5. The second-order valence-electron chi connectivity index (χ2n) is 8.23. The number of carboxylic acids is 1. The van der Waals surface area contributed by atoms with Gasteiger partial charge >= 0.3 is 11.8 Å². The van der Waals surface area contributed by atoms with Crippen molar-refractivity contribution in [3.8, 4) is 11.5 Å². The highest BCUT2D eigenvalue weighted by Crippen LogP contribution is 2.50. The van der Waals surface area contributed by atoms with Gasteiger partial charge in [-0.1, -0.05) is 23.2 Å². The summed E-state index contributed by atoms with van der Waals surface area (Å²) < 4.78 is 41.0. The summed E-state index contributed by atoms with van der Waals surface area (Å²) in [4.78, 5) is 25.7. The van der Waals surface area contributed by atoms with Gasteiger partial charge in [-0.3, -0.25) is 4.79 Å². The molecule has 1 N–H and O–H groups in total. The number of halogens is 4. The Labute approximate surface area is 208 Å². The molecule has 0 radical (unpaired) electrons. The van der Waals surface area contributed by atoms with E-state index in [1.807, 2.05) is 0 Å². The van der Waals surface area contributed by atoms with E-state index in [0.29, 0.717) is 22.6 Å². The van der Waals surface area contributed by atoms with Crippen LogP contribution < -0.4 is 9.47 Å². The van der Waals surface area contributed by atoms with Crippen molar-refractivity contribution in [2.24, 2.45) is 0 Å². The van der Waals surface area contributed by atoms with Gasteiger partial charge in [0, 0.05) is 23.2 Å². The first-order valence-corrected chi connectivity index (χ1v) is 11.4. The summed E-state index contributed by atoms with van der Waals surface area (Å²) in [7, 11) is 0. The van der Waals surface area contributed by atoms with Gasteiger partial charge < -0.3 is 19.5 Å². The Morgan fingerprint density at radius 2 is 1.69 bits per heavy atom. The van der Waals surface area contributed by atoms with Crippen LogP contribution in [0.4, 0.5) is 8.78 Å². The molecule has 2 atom stereocenters. The molecule has 0 bridgehead atoms. The molecule has 3 aromatic rings. The lowest BCUT2D eigenvalue weighted by Crippen LogP contribution is -2.40. The number of carbonyl (C=O) groups excluding carboxylic acids is 1. The number of likely N-dealkylation sites (tertiary alicyclic amines) is 1. The fourth-order valence-electron chi connectivity index (χ4n) is 4.42. The summed E-state index contributed by atoms with van der Waals surface area (Å²) in [6.45, 7) is 0.198. The maximum absolute atomic E-state index is 15.1. The molecule has 6 nitrogen and oxygen atoms in total. The first-order valence-electron chi connectivity index (χ1n) is 10.7. The molecule has 1 fully saturated rings. The van der Waals surface area contributed by atoms with Gasteiger partial charge in [-0.2, -0.15) is 0 Å². The van der Waals surface area contributed by atoms with Crippen molar-refractivity contribution < 1.29 is 33.0 Å². The van der Waals surface area contributed by atoms with E-state index in [2.05, 4.69) is 0 Å². The number of nitrogens with zero attached hydrogens (tertiary/aromatic N) is 1. The van der Waals surface area contributed by atoms with Gasteiger partial charge in [0.05, 0.1) is 16.1 Å². The van der Waals surface area contributed by atoms with Crippen molar-refractivity contribution in [3.63, 3.8) is 0 Å². The molecule has 2 aliphatic heterocycles. The second kappa shape index (κ2) is 8.70. The molecule has 0 aliphatic carbocycles. The number of hydrogen-bond acceptors (Lipinski definition) is 4. The molecule has 0 saturated carbocycles. The molecule has 35 heavy (non-hydrogen) atoms. The van der Waals surface area contributed by atoms with Gasteiger partial charge in [0.1, 0.15) is 17.7 Å². The minimum atomic E-state index is -1.72. The van der Waals surface area contributed by atoms with Crippen molar-refractivity contribution in [1.29, 1.82) is 0 Å². The molecular weight excluding hydrogens is 503 g/mol. The topological polar surface area (TPSA) is 76.1 Å². The van der Waals surface area contributed by atoms with E-state index in [1.165, 1.54) is 36.4 Å². The van der Waals surface area contributed by atoms with Crippen LogP contribution in [-0.4, -0.2) is 34.5 Å². The van der Waals surface area contributed by atoms with E-state index in [-0.39, 0.29) is 35.1 Å². The van der Waals surface area contributed by atoms with Crippen molar-refractivity contribution in [3.05, 3.63) is 93.0 Å². The molecule has 3 aromatic carbocycles. The highest BCUT2D eigenvalue weighted by molar-refractivity contribution is 6.35. The zero-order valence-electron chi connectivity index (χ0n) is 17.9. The summed E-state index contributed by atoms with van der Waals surface area (Å²) >= 11 is 12.5. The molecule has 2 aliphatic rings. The smallest absolute Gasteiger partial charge is 0.326 e. The van der Waals surface area contributed by atoms with Crippen molar-refractivity contribution in [1.82, 2.24) is 4.90 Å². The van der Waals surface area contributed by atoms with Crippen LogP contribution in [0.15, 0.2) is 54.6 Å². The molecule has 0 aromatic heterocycles. The number of rotatable bonds is 4. The summed E-state index contributed by atoms with van der Waals surface area (Å²) in [5, 5.41) is 9.96. The van der Waals surface area contributed by atoms with Crippen LogP contribution in [0.1, 0.15) is 34.3 Å². The summed E-state index contributed by atoms with van der Waals surface area (Å²) in [6, 6.07) is 11.1. The van der Waals surface area contributed by atoms with Crippen molar-refractivity contribution in [2.75, 3.05) is 6.54 Å². The van der Waals surface area contributed by atoms with E-state index in [1.54, 1.807) is 12.1 Å². The number of amides is 1. The number of carboxylic acid groups (broad SMARTS) is 1. The lowest BCUT2D eigenvalue weighted by Gasteiger charge is -2.29. The zero-order chi connectivity index (χ0) is 24.9. The zero-order valence-corrected chi connectivity index (χ0v) is 19.4. The largest absolute Gasteiger partial charge is 0.480 e. The third-order valence-corrected chi connectivity index (χ3v) is 6.63. The van der Waals surface area contributed by atoms with Crippen LogP contribution in [0.25, 0.3) is 0 Å². The molecule has 0 spiro atoms. The maximum Gasteiger partial charge on any atom is 0.326 e. The van der Waals surface area contributed by atoms with E-state index >= 15 is 4.39 Å². The lowest BCUT2D eigenvalue weighted by molar-refractivity contribution is -0.141. The standard InChI is InChI=1S/C25H17Cl2F2NO5/c26-14-5-8-17(18(27)10-14)25(13-3-6-15(28)7-4-13)34-21-11-16(19(29)12-22(21)35-25)23(31)30-9-1-2-20(30)24(32)33/h3-8,10-12,20H,1-2,9H2,(H,32,33).